The summed E-state index contributed by atoms with van der Waals surface area (Å²) >= 11 is 12.0. The number of piperazine rings is 1. The number of sulfonamides is 1. The molecule has 0 aliphatic carbocycles. The number of anilines is 1. The van der Waals surface area contributed by atoms with Crippen LogP contribution in [0.4, 0.5) is 23.7 Å². The number of nitrogen functional groups attached to an aromatic ring is 1. The van der Waals surface area contributed by atoms with E-state index in [0.717, 1.165) is 11.0 Å². The number of hydrogen-bond acceptors (Lipinski definition) is 6. The van der Waals surface area contributed by atoms with Crippen molar-refractivity contribution in [2.24, 2.45) is 0 Å². The zero-order chi connectivity index (χ0) is 28.4. The Morgan fingerprint density at radius 2 is 1.63 bits per heavy atom. The number of hydrogen-bond donors (Lipinski definition) is 2. The number of carbonyl (C=O) groups excluding carboxylic acids is 1. The number of carbonyl (C=O) groups is 2. The van der Waals surface area contributed by atoms with E-state index in [1.54, 1.807) is 4.90 Å². The first-order valence-corrected chi connectivity index (χ1v) is 13.7. The molecule has 15 heteroatoms. The minimum Gasteiger partial charge on any atom is -0.465 e. The molecule has 208 valence electrons. The van der Waals surface area contributed by atoms with Crippen LogP contribution in [0, 0.1) is 0 Å². The van der Waals surface area contributed by atoms with Crippen molar-refractivity contribution < 1.29 is 36.3 Å². The van der Waals surface area contributed by atoms with Crippen LogP contribution >= 0.6 is 23.2 Å². The Kier molecular flexibility index (Phi) is 9.07. The van der Waals surface area contributed by atoms with Crippen molar-refractivity contribution in [1.29, 1.82) is 0 Å². The van der Waals surface area contributed by atoms with Crippen LogP contribution < -0.4 is 5.73 Å². The monoisotopic (exact) mass is 596 g/mol. The van der Waals surface area contributed by atoms with Crippen molar-refractivity contribution >= 4 is 50.9 Å². The van der Waals surface area contributed by atoms with Gasteiger partial charge >= 0.3 is 12.3 Å². The van der Waals surface area contributed by atoms with Gasteiger partial charge in [0.25, 0.3) is 5.91 Å². The number of rotatable bonds is 7. The van der Waals surface area contributed by atoms with Gasteiger partial charge in [-0.15, -0.1) is 0 Å². The van der Waals surface area contributed by atoms with Crippen LogP contribution in [-0.4, -0.2) is 71.6 Å². The number of nitrogens with two attached hydrogens (primary N) is 1. The molecule has 3 N–H and O–H groups in total. The molecule has 1 fully saturated rings. The molecular formula is C23H25Cl2F3N4O5S. The number of alkyl halides is 3. The summed E-state index contributed by atoms with van der Waals surface area (Å²) in [6.45, 7) is 1.23. The first-order chi connectivity index (χ1) is 17.6. The van der Waals surface area contributed by atoms with Crippen LogP contribution in [-0.2, 0) is 29.3 Å². The van der Waals surface area contributed by atoms with E-state index >= 15 is 0 Å². The Labute approximate surface area is 227 Å². The predicted octanol–water partition coefficient (Wildman–Crippen LogP) is 4.38. The minimum absolute atomic E-state index is 0.125. The fraction of sp³-hybridized carbons (Fsp3) is 0.391. The van der Waals surface area contributed by atoms with Crippen LogP contribution in [0.15, 0.2) is 30.3 Å². The van der Waals surface area contributed by atoms with Gasteiger partial charge < -0.3 is 15.7 Å². The molecule has 0 bridgehead atoms. The van der Waals surface area contributed by atoms with Crippen LogP contribution in [0.1, 0.15) is 34.0 Å². The third kappa shape index (κ3) is 7.01. The first-order valence-electron chi connectivity index (χ1n) is 11.3. The lowest BCUT2D eigenvalue weighted by atomic mass is 10.00. The van der Waals surface area contributed by atoms with Gasteiger partial charge in [0, 0.05) is 48.5 Å². The Hall–Kier alpha value is -2.74. The van der Waals surface area contributed by atoms with E-state index in [1.807, 2.05) is 0 Å². The fourth-order valence-corrected chi connectivity index (χ4v) is 5.62. The van der Waals surface area contributed by atoms with E-state index in [4.69, 9.17) is 34.0 Å². The van der Waals surface area contributed by atoms with Gasteiger partial charge in [0.1, 0.15) is 0 Å². The smallest absolute Gasteiger partial charge is 0.416 e. The Balaban J connectivity index is 1.99. The number of nitrogens with zero attached hydrogens (tertiary/aromatic N) is 3. The molecule has 0 unspecified atom stereocenters. The maximum absolute atomic E-state index is 14.1. The van der Waals surface area contributed by atoms with E-state index in [1.165, 1.54) is 25.1 Å². The summed E-state index contributed by atoms with van der Waals surface area (Å²) < 4.78 is 68.3. The van der Waals surface area contributed by atoms with Crippen LogP contribution in [0.25, 0.3) is 0 Å². The maximum atomic E-state index is 14.1. The summed E-state index contributed by atoms with van der Waals surface area (Å²) in [5, 5.41) is 9.44. The van der Waals surface area contributed by atoms with E-state index in [9.17, 15) is 31.2 Å². The van der Waals surface area contributed by atoms with Crippen molar-refractivity contribution in [2.45, 2.75) is 26.2 Å². The summed E-state index contributed by atoms with van der Waals surface area (Å²) in [7, 11) is -4.24. The van der Waals surface area contributed by atoms with Crippen LogP contribution in [0.5, 0.6) is 0 Å². The Morgan fingerprint density at radius 3 is 2.13 bits per heavy atom. The van der Waals surface area contributed by atoms with Crippen molar-refractivity contribution in [1.82, 2.24) is 14.1 Å². The second-order valence-corrected chi connectivity index (χ2v) is 11.7. The van der Waals surface area contributed by atoms with Gasteiger partial charge in [-0.2, -0.15) is 13.2 Å². The van der Waals surface area contributed by atoms with Gasteiger partial charge in [-0.1, -0.05) is 23.2 Å². The zero-order valence-electron chi connectivity index (χ0n) is 20.1. The zero-order valence-corrected chi connectivity index (χ0v) is 22.5. The number of amides is 2. The van der Waals surface area contributed by atoms with E-state index in [2.05, 4.69) is 0 Å². The number of carboxylic acid groups (broad SMARTS) is 1. The fourth-order valence-electron chi connectivity index (χ4n) is 4.04. The van der Waals surface area contributed by atoms with Gasteiger partial charge in [-0.05, 0) is 48.4 Å². The number of halogens is 5. The molecule has 2 aromatic carbocycles. The maximum Gasteiger partial charge on any atom is 0.416 e. The lowest BCUT2D eigenvalue weighted by molar-refractivity contribution is -0.138. The summed E-state index contributed by atoms with van der Waals surface area (Å²) in [6.07, 6.45) is -5.99. The average molecular weight is 597 g/mol. The molecule has 9 nitrogen and oxygen atoms in total. The highest BCUT2D eigenvalue weighted by Gasteiger charge is 2.37. The predicted molar refractivity (Wildman–Crippen MR) is 137 cm³/mol. The summed E-state index contributed by atoms with van der Waals surface area (Å²) in [6, 6.07) is 5.74. The molecule has 0 radical (unpaired) electrons. The molecule has 1 aliphatic rings. The summed E-state index contributed by atoms with van der Waals surface area (Å²) in [5.74, 6) is -1.73. The number of benzene rings is 2. The Bertz CT molecular complexity index is 1310. The Morgan fingerprint density at radius 1 is 1.05 bits per heavy atom. The van der Waals surface area contributed by atoms with E-state index < -0.39 is 51.6 Å². The van der Waals surface area contributed by atoms with Gasteiger partial charge in [-0.3, -0.25) is 9.69 Å². The van der Waals surface area contributed by atoms with Crippen molar-refractivity contribution in [3.63, 3.8) is 0 Å². The minimum atomic E-state index is -4.88. The third-order valence-corrected chi connectivity index (χ3v) is 8.16. The van der Waals surface area contributed by atoms with Gasteiger partial charge in [-0.25, -0.2) is 17.5 Å². The van der Waals surface area contributed by atoms with Gasteiger partial charge in [0.05, 0.1) is 23.4 Å². The molecular weight excluding hydrogens is 572 g/mol. The van der Waals surface area contributed by atoms with E-state index in [0.29, 0.717) is 10.4 Å². The first kappa shape index (κ1) is 29.8. The molecule has 1 heterocycles. The van der Waals surface area contributed by atoms with Gasteiger partial charge in [0.15, 0.2) is 0 Å². The highest BCUT2D eigenvalue weighted by atomic mass is 35.5. The third-order valence-electron chi connectivity index (χ3n) is 6.02. The average Bonchev–Trinajstić information content (AvgIpc) is 2.81. The van der Waals surface area contributed by atoms with Crippen molar-refractivity contribution in [2.75, 3.05) is 37.7 Å². The van der Waals surface area contributed by atoms with Crippen molar-refractivity contribution in [3.05, 3.63) is 62.6 Å². The molecule has 3 rings (SSSR count). The highest BCUT2D eigenvalue weighted by Crippen LogP contribution is 2.36. The lowest BCUT2D eigenvalue weighted by Gasteiger charge is -2.33. The highest BCUT2D eigenvalue weighted by molar-refractivity contribution is 7.89. The lowest BCUT2D eigenvalue weighted by Crippen LogP contribution is -2.47. The van der Waals surface area contributed by atoms with Crippen LogP contribution in [0.2, 0.25) is 10.0 Å². The molecule has 38 heavy (non-hydrogen) atoms. The second kappa shape index (κ2) is 11.6. The summed E-state index contributed by atoms with van der Waals surface area (Å²) in [5.41, 5.74) is 3.94. The molecule has 0 atom stereocenters. The standard InChI is InChI=1S/C23H25Cl2F3N4O5S/c1-2-38(36,37)32(12-14-7-16(24)10-17(25)8-14)21(33)18-11-19(23(26,27)28)15(9-20(18)29)13-30-3-5-31(6-4-30)22(34)35/h7-11H,2-6,12-13,29H2,1H3,(H,34,35). The molecule has 0 aromatic heterocycles. The molecule has 1 aliphatic heterocycles. The summed E-state index contributed by atoms with van der Waals surface area (Å²) in [4.78, 5) is 27.3. The van der Waals surface area contributed by atoms with Crippen molar-refractivity contribution in [3.8, 4) is 0 Å². The van der Waals surface area contributed by atoms with Gasteiger partial charge in [0.2, 0.25) is 10.0 Å². The molecule has 0 saturated carbocycles. The van der Waals surface area contributed by atoms with E-state index in [-0.39, 0.29) is 59.6 Å². The molecule has 2 aromatic rings. The topological polar surface area (TPSA) is 124 Å². The quantitative estimate of drug-likeness (QED) is 0.454. The largest absolute Gasteiger partial charge is 0.465 e. The SMILES string of the molecule is CCS(=O)(=O)N(Cc1cc(Cl)cc(Cl)c1)C(=O)c1cc(C(F)(F)F)c(CN2CCN(C(=O)O)CC2)cc1N. The molecule has 1 saturated heterocycles. The molecule has 2 amide bonds. The normalized spacial score (nSPS) is 14.9. The molecule has 0 spiro atoms. The second-order valence-electron chi connectivity index (χ2n) is 8.63. The van der Waals surface area contributed by atoms with Crippen LogP contribution in [0.3, 0.4) is 0 Å².